The molecule has 0 saturated heterocycles. The molecule has 1 rings (SSSR count). The molecular formula is C8H15NO3. The minimum Gasteiger partial charge on any atom is -0.453 e. The van der Waals surface area contributed by atoms with Crippen molar-refractivity contribution >= 4 is 6.09 Å². The van der Waals surface area contributed by atoms with Crippen molar-refractivity contribution in [3.63, 3.8) is 0 Å². The van der Waals surface area contributed by atoms with Crippen molar-refractivity contribution in [3.05, 3.63) is 0 Å². The van der Waals surface area contributed by atoms with Gasteiger partial charge in [-0.25, -0.2) is 4.79 Å². The standard InChI is InChI=1S/C8H15NO3/c1-8(11)4-3-6(5-8)9-7(10)12-2/h6,11H,3-5H2,1-2H3,(H,9,10). The first-order chi connectivity index (χ1) is 5.53. The van der Waals surface area contributed by atoms with Crippen molar-refractivity contribution in [2.75, 3.05) is 7.11 Å². The smallest absolute Gasteiger partial charge is 0.407 e. The molecule has 0 heterocycles. The van der Waals surface area contributed by atoms with Gasteiger partial charge in [0.05, 0.1) is 12.7 Å². The fraction of sp³-hybridized carbons (Fsp3) is 0.875. The van der Waals surface area contributed by atoms with E-state index in [1.807, 2.05) is 0 Å². The van der Waals surface area contributed by atoms with Crippen molar-refractivity contribution in [3.8, 4) is 0 Å². The number of carbonyl (C=O) groups excluding carboxylic acids is 1. The number of hydrogen-bond acceptors (Lipinski definition) is 3. The lowest BCUT2D eigenvalue weighted by Gasteiger charge is -2.16. The van der Waals surface area contributed by atoms with E-state index in [4.69, 9.17) is 0 Å². The summed E-state index contributed by atoms with van der Waals surface area (Å²) in [4.78, 5) is 10.8. The molecule has 0 bridgehead atoms. The normalized spacial score (nSPS) is 34.8. The van der Waals surface area contributed by atoms with Crippen molar-refractivity contribution < 1.29 is 14.6 Å². The Morgan fingerprint density at radius 1 is 1.75 bits per heavy atom. The molecule has 1 fully saturated rings. The molecule has 0 aromatic rings. The van der Waals surface area contributed by atoms with E-state index >= 15 is 0 Å². The lowest BCUT2D eigenvalue weighted by atomic mass is 10.1. The second kappa shape index (κ2) is 3.31. The molecule has 1 aliphatic rings. The van der Waals surface area contributed by atoms with Crippen LogP contribution in [0.25, 0.3) is 0 Å². The molecule has 0 radical (unpaired) electrons. The van der Waals surface area contributed by atoms with E-state index in [1.165, 1.54) is 7.11 Å². The van der Waals surface area contributed by atoms with Gasteiger partial charge in [0.2, 0.25) is 0 Å². The summed E-state index contributed by atoms with van der Waals surface area (Å²) in [6.45, 7) is 1.78. The first-order valence-electron chi connectivity index (χ1n) is 4.10. The van der Waals surface area contributed by atoms with E-state index in [0.29, 0.717) is 6.42 Å². The highest BCUT2D eigenvalue weighted by molar-refractivity contribution is 5.67. The Bertz CT molecular complexity index is 179. The van der Waals surface area contributed by atoms with Gasteiger partial charge in [0, 0.05) is 6.04 Å². The molecule has 4 heteroatoms. The van der Waals surface area contributed by atoms with Crippen molar-refractivity contribution in [1.82, 2.24) is 5.32 Å². The average molecular weight is 173 g/mol. The third kappa shape index (κ3) is 2.37. The van der Waals surface area contributed by atoms with Gasteiger partial charge in [0.25, 0.3) is 0 Å². The molecule has 4 nitrogen and oxygen atoms in total. The van der Waals surface area contributed by atoms with Crippen LogP contribution in [0.5, 0.6) is 0 Å². The minimum atomic E-state index is -0.619. The molecule has 0 aromatic heterocycles. The minimum absolute atomic E-state index is 0.0625. The van der Waals surface area contributed by atoms with Gasteiger partial charge in [-0.05, 0) is 26.2 Å². The molecule has 70 valence electrons. The summed E-state index contributed by atoms with van der Waals surface area (Å²) >= 11 is 0. The number of carbonyl (C=O) groups is 1. The number of methoxy groups -OCH3 is 1. The highest BCUT2D eigenvalue weighted by Crippen LogP contribution is 2.28. The van der Waals surface area contributed by atoms with Crippen molar-refractivity contribution in [2.45, 2.75) is 37.8 Å². The van der Waals surface area contributed by atoms with Gasteiger partial charge in [-0.15, -0.1) is 0 Å². The third-order valence-electron chi connectivity index (χ3n) is 2.22. The van der Waals surface area contributed by atoms with E-state index < -0.39 is 11.7 Å². The van der Waals surface area contributed by atoms with Crippen LogP contribution in [0.4, 0.5) is 4.79 Å². The van der Waals surface area contributed by atoms with Gasteiger partial charge in [0.15, 0.2) is 0 Å². The van der Waals surface area contributed by atoms with Gasteiger partial charge in [0.1, 0.15) is 0 Å². The Hall–Kier alpha value is -0.770. The SMILES string of the molecule is COC(=O)NC1CCC(C)(O)C1. The summed E-state index contributed by atoms with van der Waals surface area (Å²) in [5.74, 6) is 0. The van der Waals surface area contributed by atoms with Gasteiger partial charge in [-0.3, -0.25) is 0 Å². The monoisotopic (exact) mass is 173 g/mol. The van der Waals surface area contributed by atoms with Gasteiger partial charge >= 0.3 is 6.09 Å². The maximum atomic E-state index is 10.8. The predicted octanol–water partition coefficient (Wildman–Crippen LogP) is 0.646. The Morgan fingerprint density at radius 3 is 2.83 bits per heavy atom. The zero-order valence-electron chi connectivity index (χ0n) is 7.46. The van der Waals surface area contributed by atoms with Gasteiger partial charge in [-0.2, -0.15) is 0 Å². The molecule has 0 aliphatic heterocycles. The Labute approximate surface area is 71.9 Å². The molecule has 1 amide bonds. The van der Waals surface area contributed by atoms with Crippen LogP contribution in [0, 0.1) is 0 Å². The third-order valence-corrected chi connectivity index (χ3v) is 2.22. The topological polar surface area (TPSA) is 58.6 Å². The number of ether oxygens (including phenoxy) is 1. The summed E-state index contributed by atoms with van der Waals surface area (Å²) in [7, 11) is 1.34. The number of nitrogens with one attached hydrogen (secondary N) is 1. The average Bonchev–Trinajstić information content (AvgIpc) is 2.30. The lowest BCUT2D eigenvalue weighted by Crippen LogP contribution is -2.34. The highest BCUT2D eigenvalue weighted by atomic mass is 16.5. The van der Waals surface area contributed by atoms with Crippen LogP contribution in [-0.2, 0) is 4.74 Å². The number of amides is 1. The molecule has 2 N–H and O–H groups in total. The van der Waals surface area contributed by atoms with Crippen LogP contribution >= 0.6 is 0 Å². The zero-order chi connectivity index (χ0) is 9.19. The van der Waals surface area contributed by atoms with Crippen LogP contribution < -0.4 is 5.32 Å². The molecule has 1 aliphatic carbocycles. The summed E-state index contributed by atoms with van der Waals surface area (Å²) in [6, 6.07) is 0.0625. The van der Waals surface area contributed by atoms with Gasteiger partial charge in [-0.1, -0.05) is 0 Å². The van der Waals surface area contributed by atoms with E-state index in [2.05, 4.69) is 10.1 Å². The fourth-order valence-electron chi connectivity index (χ4n) is 1.57. The second-order valence-electron chi connectivity index (χ2n) is 3.57. The molecule has 0 spiro atoms. The van der Waals surface area contributed by atoms with Crippen LogP contribution in [0.15, 0.2) is 0 Å². The first-order valence-corrected chi connectivity index (χ1v) is 4.10. The number of hydrogen-bond donors (Lipinski definition) is 2. The number of alkyl carbamates (subject to hydrolysis) is 1. The Kier molecular flexibility index (Phi) is 2.57. The molecular weight excluding hydrogens is 158 g/mol. The number of aliphatic hydroxyl groups is 1. The van der Waals surface area contributed by atoms with Crippen molar-refractivity contribution in [1.29, 1.82) is 0 Å². The number of rotatable bonds is 1. The predicted molar refractivity (Wildman–Crippen MR) is 43.8 cm³/mol. The largest absolute Gasteiger partial charge is 0.453 e. The van der Waals surface area contributed by atoms with E-state index in [-0.39, 0.29) is 6.04 Å². The summed E-state index contributed by atoms with van der Waals surface area (Å²) in [5, 5.41) is 12.2. The van der Waals surface area contributed by atoms with Crippen LogP contribution in [-0.4, -0.2) is 30.0 Å². The van der Waals surface area contributed by atoms with Crippen LogP contribution in [0.2, 0.25) is 0 Å². The molecule has 2 unspecified atom stereocenters. The molecule has 2 atom stereocenters. The van der Waals surface area contributed by atoms with Crippen LogP contribution in [0.1, 0.15) is 26.2 Å². The maximum absolute atomic E-state index is 10.8. The second-order valence-corrected chi connectivity index (χ2v) is 3.57. The Morgan fingerprint density at radius 2 is 2.42 bits per heavy atom. The maximum Gasteiger partial charge on any atom is 0.407 e. The fourth-order valence-corrected chi connectivity index (χ4v) is 1.57. The summed E-state index contributed by atoms with van der Waals surface area (Å²) in [6.07, 6.45) is 1.75. The highest BCUT2D eigenvalue weighted by Gasteiger charge is 2.33. The van der Waals surface area contributed by atoms with E-state index in [0.717, 1.165) is 12.8 Å². The van der Waals surface area contributed by atoms with Gasteiger partial charge < -0.3 is 15.2 Å². The molecule has 1 saturated carbocycles. The van der Waals surface area contributed by atoms with E-state index in [9.17, 15) is 9.90 Å². The summed E-state index contributed by atoms with van der Waals surface area (Å²) < 4.78 is 4.45. The first kappa shape index (κ1) is 9.32. The molecule has 0 aromatic carbocycles. The summed E-state index contributed by atoms with van der Waals surface area (Å²) in [5.41, 5.74) is -0.619. The quantitative estimate of drug-likeness (QED) is 0.612. The Balaban J connectivity index is 2.33. The molecule has 12 heavy (non-hydrogen) atoms. The van der Waals surface area contributed by atoms with Crippen LogP contribution in [0.3, 0.4) is 0 Å². The zero-order valence-corrected chi connectivity index (χ0v) is 7.46. The van der Waals surface area contributed by atoms with Crippen molar-refractivity contribution in [2.24, 2.45) is 0 Å². The lowest BCUT2D eigenvalue weighted by molar-refractivity contribution is 0.0653. The van der Waals surface area contributed by atoms with E-state index in [1.54, 1.807) is 6.92 Å².